The third kappa shape index (κ3) is 5.13. The van der Waals surface area contributed by atoms with Gasteiger partial charge in [0.2, 0.25) is 0 Å². The Bertz CT molecular complexity index is 3380. The van der Waals surface area contributed by atoms with Crippen molar-refractivity contribution < 1.29 is 0 Å². The molecule has 0 atom stereocenters. The van der Waals surface area contributed by atoms with Crippen molar-refractivity contribution in [1.82, 2.24) is 9.97 Å². The largest absolute Gasteiger partial charge is 0.252 e. The van der Waals surface area contributed by atoms with Crippen molar-refractivity contribution in [2.45, 2.75) is 39.5 Å². The van der Waals surface area contributed by atoms with Crippen LogP contribution >= 0.6 is 22.7 Å². The zero-order valence-electron chi connectivity index (χ0n) is 31.7. The second kappa shape index (κ2) is 12.8. The Hall–Kier alpha value is -5.94. The van der Waals surface area contributed by atoms with Gasteiger partial charge in [0, 0.05) is 67.8 Å². The maximum Gasteiger partial charge on any atom is 0.0979 e. The van der Waals surface area contributed by atoms with Gasteiger partial charge in [-0.05, 0) is 69.1 Å². The van der Waals surface area contributed by atoms with Gasteiger partial charge in [-0.15, -0.1) is 22.7 Å². The number of hydrogen-bond acceptors (Lipinski definition) is 4. The third-order valence-electron chi connectivity index (χ3n) is 11.7. The molecule has 2 nitrogen and oxygen atoms in total. The molecule has 0 radical (unpaired) electrons. The van der Waals surface area contributed by atoms with Crippen molar-refractivity contribution in [2.75, 3.05) is 0 Å². The molecule has 11 aromatic rings. The van der Waals surface area contributed by atoms with E-state index in [9.17, 15) is 0 Å². The SMILES string of the molecule is CC(C)c1ccc2c3ccc(C(C)C)cc3c3nc(-c4cccc(-c5cccc6c5sc5c(-c7cccc8c7sc7ccccc78)cccc56)c4)cnc3c2c1. The second-order valence-electron chi connectivity index (χ2n) is 15.7. The number of hydrogen-bond donors (Lipinski definition) is 0. The maximum absolute atomic E-state index is 5.46. The fraction of sp³-hybridized carbons (Fsp3) is 0.115. The van der Waals surface area contributed by atoms with Crippen LogP contribution in [0.1, 0.15) is 50.7 Å². The second-order valence-corrected chi connectivity index (χ2v) is 17.8. The number of benzene rings is 8. The summed E-state index contributed by atoms with van der Waals surface area (Å²) in [6, 6.07) is 51.8. The predicted octanol–water partition coefficient (Wildman–Crippen LogP) is 15.9. The smallest absolute Gasteiger partial charge is 0.0979 e. The van der Waals surface area contributed by atoms with Crippen molar-refractivity contribution in [3.8, 4) is 33.5 Å². The Labute approximate surface area is 333 Å². The van der Waals surface area contributed by atoms with Crippen molar-refractivity contribution in [3.63, 3.8) is 0 Å². The minimum Gasteiger partial charge on any atom is -0.252 e. The zero-order chi connectivity index (χ0) is 37.7. The van der Waals surface area contributed by atoms with E-state index in [4.69, 9.17) is 9.97 Å². The number of rotatable bonds is 5. The summed E-state index contributed by atoms with van der Waals surface area (Å²) in [5.74, 6) is 0.842. The van der Waals surface area contributed by atoms with Gasteiger partial charge in [-0.25, -0.2) is 4.98 Å². The minimum atomic E-state index is 0.415. The van der Waals surface area contributed by atoms with Gasteiger partial charge in [0.15, 0.2) is 0 Å². The molecule has 11 rings (SSSR count). The molecule has 0 N–H and O–H groups in total. The Morgan fingerprint density at radius 2 is 0.946 bits per heavy atom. The number of aromatic nitrogens is 2. The molecule has 8 aromatic carbocycles. The van der Waals surface area contributed by atoms with Crippen LogP contribution in [0, 0.1) is 0 Å². The Morgan fingerprint density at radius 3 is 1.62 bits per heavy atom. The molecule has 0 spiro atoms. The summed E-state index contributed by atoms with van der Waals surface area (Å²) in [6.07, 6.45) is 1.97. The molecule has 0 aliphatic rings. The van der Waals surface area contributed by atoms with Crippen molar-refractivity contribution >= 4 is 95.6 Å². The molecule has 3 aromatic heterocycles. The van der Waals surface area contributed by atoms with Gasteiger partial charge < -0.3 is 0 Å². The van der Waals surface area contributed by atoms with Gasteiger partial charge >= 0.3 is 0 Å². The van der Waals surface area contributed by atoms with E-state index >= 15 is 0 Å². The summed E-state index contributed by atoms with van der Waals surface area (Å²) in [4.78, 5) is 10.7. The van der Waals surface area contributed by atoms with Crippen LogP contribution in [0.4, 0.5) is 0 Å². The molecule has 4 heteroatoms. The van der Waals surface area contributed by atoms with Gasteiger partial charge in [0.05, 0.1) is 22.9 Å². The standard InChI is InChI=1S/C52H38N2S2/c1-29(2)31-21-23-36-37-24-22-32(30(3)4)27-45(37)49-48(44(36)26-31)53-28-46(54-49)34-12-7-11-33(25-34)35-14-8-16-40-42-18-10-19-43(52(42)56-50(35)40)41-17-9-15-39-38-13-5-6-20-47(38)55-51(39)41/h5-30H,1-4H3. The molecule has 0 bridgehead atoms. The summed E-state index contributed by atoms with van der Waals surface area (Å²) < 4.78 is 5.32. The summed E-state index contributed by atoms with van der Waals surface area (Å²) in [7, 11) is 0. The first-order chi connectivity index (χ1) is 27.4. The quantitative estimate of drug-likeness (QED) is 0.164. The van der Waals surface area contributed by atoms with Crippen LogP contribution in [0.3, 0.4) is 0 Å². The molecule has 0 aliphatic heterocycles. The van der Waals surface area contributed by atoms with Crippen LogP contribution < -0.4 is 0 Å². The number of nitrogens with zero attached hydrogens (tertiary/aromatic N) is 2. The average Bonchev–Trinajstić information content (AvgIpc) is 3.82. The van der Waals surface area contributed by atoms with E-state index in [1.165, 1.54) is 95.3 Å². The summed E-state index contributed by atoms with van der Waals surface area (Å²) in [5.41, 5.74) is 11.5. The number of fused-ring (bicyclic) bond motifs is 12. The minimum absolute atomic E-state index is 0.415. The van der Waals surface area contributed by atoms with Crippen molar-refractivity contribution in [3.05, 3.63) is 157 Å². The summed E-state index contributed by atoms with van der Waals surface area (Å²) >= 11 is 3.81. The Kier molecular flexibility index (Phi) is 7.64. The topological polar surface area (TPSA) is 25.8 Å². The number of thiophene rings is 2. The molecule has 0 amide bonds. The fourth-order valence-electron chi connectivity index (χ4n) is 8.68. The normalized spacial score (nSPS) is 12.2. The van der Waals surface area contributed by atoms with Crippen LogP contribution in [0.5, 0.6) is 0 Å². The van der Waals surface area contributed by atoms with E-state index in [0.29, 0.717) is 11.8 Å². The van der Waals surface area contributed by atoms with Crippen LogP contribution in [0.2, 0.25) is 0 Å². The van der Waals surface area contributed by atoms with Gasteiger partial charge in [0.1, 0.15) is 0 Å². The van der Waals surface area contributed by atoms with Gasteiger partial charge in [-0.1, -0.05) is 143 Å². The molecule has 0 unspecified atom stereocenters. The van der Waals surface area contributed by atoms with Crippen molar-refractivity contribution in [2.24, 2.45) is 0 Å². The highest BCUT2D eigenvalue weighted by molar-refractivity contribution is 7.27. The van der Waals surface area contributed by atoms with E-state index in [1.807, 2.05) is 28.9 Å². The van der Waals surface area contributed by atoms with Crippen molar-refractivity contribution in [1.29, 1.82) is 0 Å². The molecule has 3 heterocycles. The molecule has 0 fully saturated rings. The molecular weight excluding hydrogens is 717 g/mol. The first-order valence-electron chi connectivity index (χ1n) is 19.5. The zero-order valence-corrected chi connectivity index (χ0v) is 33.4. The lowest BCUT2D eigenvalue weighted by Crippen LogP contribution is -1.95. The maximum atomic E-state index is 5.46. The monoisotopic (exact) mass is 754 g/mol. The van der Waals surface area contributed by atoms with E-state index in [-0.39, 0.29) is 0 Å². The lowest BCUT2D eigenvalue weighted by atomic mass is 9.92. The third-order valence-corrected chi connectivity index (χ3v) is 14.2. The molecule has 0 saturated heterocycles. The lowest BCUT2D eigenvalue weighted by Gasteiger charge is -2.15. The van der Waals surface area contributed by atoms with E-state index in [1.54, 1.807) is 0 Å². The van der Waals surface area contributed by atoms with Crippen LogP contribution in [-0.2, 0) is 0 Å². The van der Waals surface area contributed by atoms with Crippen LogP contribution in [0.25, 0.3) is 106 Å². The lowest BCUT2D eigenvalue weighted by molar-refractivity contribution is 0.868. The van der Waals surface area contributed by atoms with Gasteiger partial charge in [-0.3, -0.25) is 4.98 Å². The average molecular weight is 755 g/mol. The van der Waals surface area contributed by atoms with Gasteiger partial charge in [0.25, 0.3) is 0 Å². The first-order valence-corrected chi connectivity index (χ1v) is 21.2. The molecular formula is C52H38N2S2. The fourth-order valence-corrected chi connectivity index (χ4v) is 11.3. The van der Waals surface area contributed by atoms with E-state index < -0.39 is 0 Å². The summed E-state index contributed by atoms with van der Waals surface area (Å²) in [5, 5.41) is 10.1. The highest BCUT2D eigenvalue weighted by atomic mass is 32.1. The predicted molar refractivity (Wildman–Crippen MR) is 245 cm³/mol. The molecule has 268 valence electrons. The highest BCUT2D eigenvalue weighted by Crippen LogP contribution is 2.47. The Balaban J connectivity index is 1.08. The first kappa shape index (κ1) is 33.4. The Morgan fingerprint density at radius 1 is 0.411 bits per heavy atom. The highest BCUT2D eigenvalue weighted by Gasteiger charge is 2.19. The molecule has 0 saturated carbocycles. The summed E-state index contributed by atoms with van der Waals surface area (Å²) in [6.45, 7) is 9.01. The van der Waals surface area contributed by atoms with E-state index in [0.717, 1.165) is 22.3 Å². The van der Waals surface area contributed by atoms with Crippen LogP contribution in [0.15, 0.2) is 146 Å². The molecule has 0 aliphatic carbocycles. The van der Waals surface area contributed by atoms with E-state index in [2.05, 4.69) is 167 Å². The van der Waals surface area contributed by atoms with Crippen LogP contribution in [-0.4, -0.2) is 9.97 Å². The molecule has 56 heavy (non-hydrogen) atoms. The van der Waals surface area contributed by atoms with Gasteiger partial charge in [-0.2, -0.15) is 0 Å².